The molecule has 0 aliphatic rings. The van der Waals surface area contributed by atoms with Crippen LogP contribution in [0.4, 0.5) is 0 Å². The highest BCUT2D eigenvalue weighted by atomic mass is 32.2. The van der Waals surface area contributed by atoms with Crippen molar-refractivity contribution < 1.29 is 9.47 Å². The number of aromatic nitrogens is 3. The van der Waals surface area contributed by atoms with Gasteiger partial charge in [0, 0.05) is 11.3 Å². The predicted molar refractivity (Wildman–Crippen MR) is 103 cm³/mol. The molecule has 0 atom stereocenters. The van der Waals surface area contributed by atoms with Crippen molar-refractivity contribution in [1.29, 1.82) is 0 Å². The molecule has 6 nitrogen and oxygen atoms in total. The van der Waals surface area contributed by atoms with Crippen LogP contribution in [0.1, 0.15) is 16.7 Å². The molecule has 26 heavy (non-hydrogen) atoms. The van der Waals surface area contributed by atoms with Crippen molar-refractivity contribution in [3.8, 4) is 11.5 Å². The number of benzene rings is 2. The van der Waals surface area contributed by atoms with Crippen LogP contribution in [0.5, 0.6) is 11.5 Å². The molecule has 3 rings (SSSR count). The van der Waals surface area contributed by atoms with E-state index in [1.54, 1.807) is 43.2 Å². The fourth-order valence-electron chi connectivity index (χ4n) is 2.29. The molecule has 1 heterocycles. The summed E-state index contributed by atoms with van der Waals surface area (Å²) in [7, 11) is 3.25. The van der Waals surface area contributed by atoms with Crippen LogP contribution >= 0.6 is 11.8 Å². The van der Waals surface area contributed by atoms with Gasteiger partial charge in [-0.25, -0.2) is 0 Å². The Hall–Kier alpha value is -2.80. The van der Waals surface area contributed by atoms with Crippen molar-refractivity contribution in [2.75, 3.05) is 14.2 Å². The molecular formula is C19H20N4O2S. The minimum absolute atomic E-state index is 0.719. The summed E-state index contributed by atoms with van der Waals surface area (Å²) in [6.45, 7) is 2.08. The summed E-state index contributed by atoms with van der Waals surface area (Å²) < 4.78 is 12.3. The quantitative estimate of drug-likeness (QED) is 0.469. The Bertz CT molecular complexity index is 891. The molecule has 0 saturated carbocycles. The van der Waals surface area contributed by atoms with E-state index in [1.165, 1.54) is 11.1 Å². The lowest BCUT2D eigenvalue weighted by Crippen LogP contribution is -1.96. The van der Waals surface area contributed by atoms with Crippen molar-refractivity contribution in [3.05, 3.63) is 65.5 Å². The highest BCUT2D eigenvalue weighted by molar-refractivity contribution is 7.98. The Kier molecular flexibility index (Phi) is 5.91. The highest BCUT2D eigenvalue weighted by Gasteiger charge is 2.06. The maximum atomic E-state index is 5.37. The summed E-state index contributed by atoms with van der Waals surface area (Å²) in [5, 5.41) is 13.3. The molecule has 3 aromatic rings. The fourth-order valence-corrected chi connectivity index (χ4v) is 3.11. The molecule has 0 radical (unpaired) electrons. The van der Waals surface area contributed by atoms with Gasteiger partial charge in [0.2, 0.25) is 5.16 Å². The summed E-state index contributed by atoms with van der Waals surface area (Å²) in [5.74, 6) is 2.26. The van der Waals surface area contributed by atoms with Crippen molar-refractivity contribution in [2.24, 2.45) is 5.10 Å². The van der Waals surface area contributed by atoms with Crippen LogP contribution in [0, 0.1) is 6.92 Å². The molecule has 2 aromatic carbocycles. The monoisotopic (exact) mass is 368 g/mol. The van der Waals surface area contributed by atoms with Gasteiger partial charge >= 0.3 is 0 Å². The van der Waals surface area contributed by atoms with Crippen LogP contribution in [0.15, 0.2) is 59.0 Å². The van der Waals surface area contributed by atoms with Gasteiger partial charge in [-0.2, -0.15) is 9.78 Å². The van der Waals surface area contributed by atoms with Gasteiger partial charge in [-0.15, -0.1) is 10.2 Å². The summed E-state index contributed by atoms with van der Waals surface area (Å²) >= 11 is 1.59. The van der Waals surface area contributed by atoms with Gasteiger partial charge in [-0.3, -0.25) is 0 Å². The number of aryl methyl sites for hydroxylation is 1. The molecule has 0 unspecified atom stereocenters. The van der Waals surface area contributed by atoms with E-state index >= 15 is 0 Å². The Morgan fingerprint density at radius 2 is 1.92 bits per heavy atom. The van der Waals surface area contributed by atoms with E-state index in [9.17, 15) is 0 Å². The fraction of sp³-hybridized carbons (Fsp3) is 0.211. The summed E-state index contributed by atoms with van der Waals surface area (Å²) in [6, 6.07) is 14.0. The lowest BCUT2D eigenvalue weighted by molar-refractivity contribution is 0.402. The molecule has 0 saturated heterocycles. The third-order valence-electron chi connectivity index (χ3n) is 3.75. The highest BCUT2D eigenvalue weighted by Crippen LogP contribution is 2.23. The number of nitrogens with zero attached hydrogens (tertiary/aromatic N) is 4. The predicted octanol–water partition coefficient (Wildman–Crippen LogP) is 3.78. The van der Waals surface area contributed by atoms with Crippen LogP contribution in [-0.4, -0.2) is 35.3 Å². The topological polar surface area (TPSA) is 61.5 Å². The zero-order chi connectivity index (χ0) is 18.4. The standard InChI is InChI=1S/C19H20N4O2S/c1-14-4-6-15(7-5-14)12-26-19-22-20-13-23(19)21-11-16-10-17(24-2)8-9-18(16)25-3/h4-11,13H,12H2,1-3H3/b21-11+. The van der Waals surface area contributed by atoms with Gasteiger partial charge < -0.3 is 9.47 Å². The van der Waals surface area contributed by atoms with E-state index in [1.807, 2.05) is 18.2 Å². The lowest BCUT2D eigenvalue weighted by atomic mass is 10.2. The van der Waals surface area contributed by atoms with Crippen LogP contribution in [0.3, 0.4) is 0 Å². The van der Waals surface area contributed by atoms with Gasteiger partial charge in [0.15, 0.2) is 0 Å². The average Bonchev–Trinajstić information content (AvgIpc) is 3.13. The largest absolute Gasteiger partial charge is 0.497 e. The minimum atomic E-state index is 0.719. The summed E-state index contributed by atoms with van der Waals surface area (Å²) in [6.07, 6.45) is 3.29. The number of methoxy groups -OCH3 is 2. The number of ether oxygens (including phenoxy) is 2. The van der Waals surface area contributed by atoms with Gasteiger partial charge in [-0.1, -0.05) is 41.6 Å². The van der Waals surface area contributed by atoms with Crippen molar-refractivity contribution >= 4 is 18.0 Å². The molecule has 134 valence electrons. The van der Waals surface area contributed by atoms with Crippen molar-refractivity contribution in [2.45, 2.75) is 17.8 Å². The maximum absolute atomic E-state index is 5.37. The van der Waals surface area contributed by atoms with Crippen LogP contribution in [-0.2, 0) is 5.75 Å². The maximum Gasteiger partial charge on any atom is 0.212 e. The van der Waals surface area contributed by atoms with Gasteiger partial charge in [-0.05, 0) is 30.7 Å². The van der Waals surface area contributed by atoms with E-state index in [2.05, 4.69) is 46.5 Å². The third-order valence-corrected chi connectivity index (χ3v) is 4.75. The van der Waals surface area contributed by atoms with E-state index in [-0.39, 0.29) is 0 Å². The molecule has 1 aromatic heterocycles. The molecule has 0 spiro atoms. The smallest absolute Gasteiger partial charge is 0.212 e. The first-order chi connectivity index (χ1) is 12.7. The first-order valence-electron chi connectivity index (χ1n) is 8.04. The second kappa shape index (κ2) is 8.53. The molecule has 0 bridgehead atoms. The van der Waals surface area contributed by atoms with Crippen LogP contribution in [0.2, 0.25) is 0 Å². The van der Waals surface area contributed by atoms with Crippen molar-refractivity contribution in [1.82, 2.24) is 14.9 Å². The molecule has 0 aliphatic carbocycles. The average molecular weight is 368 g/mol. The number of hydrogen-bond acceptors (Lipinski definition) is 6. The van der Waals surface area contributed by atoms with Gasteiger partial charge in [0.1, 0.15) is 17.8 Å². The second-order valence-electron chi connectivity index (χ2n) is 5.58. The summed E-state index contributed by atoms with van der Waals surface area (Å²) in [5.41, 5.74) is 3.29. The SMILES string of the molecule is COc1ccc(OC)c(/C=N/n2cnnc2SCc2ccc(C)cc2)c1. The number of hydrogen-bond donors (Lipinski definition) is 0. The Labute approximate surface area is 156 Å². The van der Waals surface area contributed by atoms with E-state index in [4.69, 9.17) is 9.47 Å². The van der Waals surface area contributed by atoms with E-state index in [0.29, 0.717) is 0 Å². The van der Waals surface area contributed by atoms with Gasteiger partial charge in [0.05, 0.1) is 20.4 Å². The van der Waals surface area contributed by atoms with Crippen molar-refractivity contribution in [3.63, 3.8) is 0 Å². The van der Waals surface area contributed by atoms with Crippen LogP contribution < -0.4 is 9.47 Å². The molecular weight excluding hydrogens is 348 g/mol. The Morgan fingerprint density at radius 3 is 2.65 bits per heavy atom. The first kappa shape index (κ1) is 18.0. The number of thioether (sulfide) groups is 1. The molecule has 0 N–H and O–H groups in total. The summed E-state index contributed by atoms with van der Waals surface area (Å²) in [4.78, 5) is 0. The third kappa shape index (κ3) is 4.43. The zero-order valence-corrected chi connectivity index (χ0v) is 15.7. The van der Waals surface area contributed by atoms with Crippen LogP contribution in [0.25, 0.3) is 0 Å². The molecule has 0 amide bonds. The normalized spacial score (nSPS) is 11.0. The number of rotatable bonds is 7. The first-order valence-corrected chi connectivity index (χ1v) is 9.03. The zero-order valence-electron chi connectivity index (χ0n) is 14.9. The lowest BCUT2D eigenvalue weighted by Gasteiger charge is -2.07. The van der Waals surface area contributed by atoms with Gasteiger partial charge in [0.25, 0.3) is 0 Å². The Morgan fingerprint density at radius 1 is 1.12 bits per heavy atom. The Balaban J connectivity index is 1.74. The second-order valence-corrected chi connectivity index (χ2v) is 6.53. The minimum Gasteiger partial charge on any atom is -0.497 e. The molecule has 0 fully saturated rings. The van der Waals surface area contributed by atoms with E-state index < -0.39 is 0 Å². The molecule has 0 aliphatic heterocycles. The molecule has 7 heteroatoms. The van der Waals surface area contributed by atoms with E-state index in [0.717, 1.165) is 28.0 Å².